The molecule has 2 aromatic carbocycles. The van der Waals surface area contributed by atoms with Crippen molar-refractivity contribution in [3.05, 3.63) is 64.1 Å². The lowest BCUT2D eigenvalue weighted by Crippen LogP contribution is -2.27. The van der Waals surface area contributed by atoms with Gasteiger partial charge in [-0.25, -0.2) is 4.79 Å². The minimum absolute atomic E-state index is 0.166. The van der Waals surface area contributed by atoms with Crippen LogP contribution in [-0.2, 0) is 11.3 Å². The van der Waals surface area contributed by atoms with Crippen LogP contribution in [-0.4, -0.2) is 33.0 Å². The van der Waals surface area contributed by atoms with Crippen molar-refractivity contribution in [1.29, 1.82) is 0 Å². The maximum atomic E-state index is 12.8. The van der Waals surface area contributed by atoms with Crippen molar-refractivity contribution in [3.63, 3.8) is 0 Å². The fourth-order valence-electron chi connectivity index (χ4n) is 2.77. The van der Waals surface area contributed by atoms with Gasteiger partial charge in [-0.15, -0.1) is 0 Å². The molecule has 1 amide bonds. The van der Waals surface area contributed by atoms with Gasteiger partial charge in [0.1, 0.15) is 4.32 Å². The molecule has 6 nitrogen and oxygen atoms in total. The molecule has 0 spiro atoms. The van der Waals surface area contributed by atoms with Gasteiger partial charge in [-0.1, -0.05) is 42.2 Å². The molecule has 0 unspecified atom stereocenters. The van der Waals surface area contributed by atoms with E-state index in [0.717, 1.165) is 5.56 Å². The van der Waals surface area contributed by atoms with Gasteiger partial charge in [-0.2, -0.15) is 0 Å². The molecule has 0 radical (unpaired) electrons. The van der Waals surface area contributed by atoms with Crippen LogP contribution in [0.3, 0.4) is 0 Å². The predicted molar refractivity (Wildman–Crippen MR) is 105 cm³/mol. The van der Waals surface area contributed by atoms with Gasteiger partial charge in [0.15, 0.2) is 11.5 Å². The molecular weight excluding hydrogens is 386 g/mol. The van der Waals surface area contributed by atoms with E-state index in [-0.39, 0.29) is 18.3 Å². The van der Waals surface area contributed by atoms with Crippen LogP contribution < -0.4 is 9.47 Å². The molecule has 4 rings (SSSR count). The zero-order valence-corrected chi connectivity index (χ0v) is 15.5. The second-order valence-electron chi connectivity index (χ2n) is 5.89. The molecule has 136 valence electrons. The lowest BCUT2D eigenvalue weighted by Gasteiger charge is -2.14. The number of carbonyl (C=O) groups is 2. The van der Waals surface area contributed by atoms with Gasteiger partial charge in [0.2, 0.25) is 6.79 Å². The summed E-state index contributed by atoms with van der Waals surface area (Å²) in [5, 5.41) is 9.10. The number of thiocarbonyl (C=S) groups is 1. The van der Waals surface area contributed by atoms with E-state index >= 15 is 0 Å². The van der Waals surface area contributed by atoms with Gasteiger partial charge >= 0.3 is 5.97 Å². The van der Waals surface area contributed by atoms with Gasteiger partial charge in [-0.3, -0.25) is 9.69 Å². The first kappa shape index (κ1) is 17.6. The van der Waals surface area contributed by atoms with E-state index in [2.05, 4.69) is 0 Å². The van der Waals surface area contributed by atoms with Gasteiger partial charge in [0.25, 0.3) is 5.91 Å². The van der Waals surface area contributed by atoms with Gasteiger partial charge in [-0.05, 0) is 41.5 Å². The average molecular weight is 399 g/mol. The van der Waals surface area contributed by atoms with Crippen molar-refractivity contribution in [2.75, 3.05) is 6.79 Å². The number of fused-ring (bicyclic) bond motifs is 1. The number of aromatic carboxylic acids is 1. The van der Waals surface area contributed by atoms with E-state index in [1.54, 1.807) is 18.2 Å². The van der Waals surface area contributed by atoms with E-state index in [0.29, 0.717) is 32.8 Å². The summed E-state index contributed by atoms with van der Waals surface area (Å²) in [5.41, 5.74) is 1.68. The van der Waals surface area contributed by atoms with Crippen LogP contribution in [0.2, 0.25) is 0 Å². The van der Waals surface area contributed by atoms with Gasteiger partial charge < -0.3 is 14.6 Å². The molecule has 27 heavy (non-hydrogen) atoms. The largest absolute Gasteiger partial charge is 0.478 e. The first-order chi connectivity index (χ1) is 13.0. The fourth-order valence-corrected chi connectivity index (χ4v) is 4.03. The number of nitrogens with zero attached hydrogens (tertiary/aromatic N) is 1. The molecule has 0 atom stereocenters. The summed E-state index contributed by atoms with van der Waals surface area (Å²) in [6.45, 7) is 0.520. The fraction of sp³-hybridized carbons (Fsp3) is 0.105. The highest BCUT2D eigenvalue weighted by atomic mass is 32.2. The molecule has 0 saturated carbocycles. The number of ether oxygens (including phenoxy) is 2. The number of amides is 1. The number of hydrogen-bond donors (Lipinski definition) is 1. The van der Waals surface area contributed by atoms with E-state index in [1.165, 1.54) is 28.8 Å². The first-order valence-electron chi connectivity index (χ1n) is 7.98. The summed E-state index contributed by atoms with van der Waals surface area (Å²) < 4.78 is 11.1. The van der Waals surface area contributed by atoms with Crippen LogP contribution in [0, 0.1) is 0 Å². The summed E-state index contributed by atoms with van der Waals surface area (Å²) in [6, 6.07) is 11.9. The lowest BCUT2D eigenvalue weighted by atomic mass is 10.1. The minimum Gasteiger partial charge on any atom is -0.478 e. The average Bonchev–Trinajstić information content (AvgIpc) is 3.22. The van der Waals surface area contributed by atoms with E-state index in [1.807, 2.05) is 18.2 Å². The standard InChI is InChI=1S/C19H13NO5S2/c21-17-16(8-11-2-1-3-13(6-11)18(22)23)27-19(26)20(17)9-12-4-5-14-15(7-12)25-10-24-14/h1-8H,9-10H2,(H,22,23). The van der Waals surface area contributed by atoms with Crippen molar-refractivity contribution in [2.45, 2.75) is 6.54 Å². The number of benzene rings is 2. The monoisotopic (exact) mass is 399 g/mol. The molecular formula is C19H13NO5S2. The van der Waals surface area contributed by atoms with Crippen LogP contribution in [0.5, 0.6) is 11.5 Å². The Hall–Kier alpha value is -2.84. The second kappa shape index (κ2) is 7.05. The van der Waals surface area contributed by atoms with E-state index < -0.39 is 5.97 Å². The maximum Gasteiger partial charge on any atom is 0.335 e. The highest BCUT2D eigenvalue weighted by molar-refractivity contribution is 8.26. The molecule has 1 fully saturated rings. The van der Waals surface area contributed by atoms with Gasteiger partial charge in [0, 0.05) is 0 Å². The predicted octanol–water partition coefficient (Wildman–Crippen LogP) is 3.51. The first-order valence-corrected chi connectivity index (χ1v) is 9.21. The topological polar surface area (TPSA) is 76.1 Å². The van der Waals surface area contributed by atoms with E-state index in [9.17, 15) is 9.59 Å². The second-order valence-corrected chi connectivity index (χ2v) is 7.56. The smallest absolute Gasteiger partial charge is 0.335 e. The van der Waals surface area contributed by atoms with Crippen LogP contribution in [0.15, 0.2) is 47.4 Å². The van der Waals surface area contributed by atoms with Gasteiger partial charge in [0.05, 0.1) is 17.0 Å². The van der Waals surface area contributed by atoms with Crippen molar-refractivity contribution < 1.29 is 24.2 Å². The van der Waals surface area contributed by atoms with Crippen LogP contribution in [0.4, 0.5) is 0 Å². The Labute approximate surface area is 164 Å². The molecule has 2 aromatic rings. The normalized spacial score (nSPS) is 17.0. The summed E-state index contributed by atoms with van der Waals surface area (Å²) in [4.78, 5) is 25.8. The summed E-state index contributed by atoms with van der Waals surface area (Å²) in [5.74, 6) is 0.116. The summed E-state index contributed by atoms with van der Waals surface area (Å²) >= 11 is 6.55. The third-order valence-corrected chi connectivity index (χ3v) is 5.46. The van der Waals surface area contributed by atoms with Crippen LogP contribution in [0.25, 0.3) is 6.08 Å². The highest BCUT2D eigenvalue weighted by Crippen LogP contribution is 2.36. The zero-order chi connectivity index (χ0) is 19.0. The lowest BCUT2D eigenvalue weighted by molar-refractivity contribution is -0.122. The zero-order valence-electron chi connectivity index (χ0n) is 13.9. The molecule has 2 aliphatic heterocycles. The SMILES string of the molecule is O=C(O)c1cccc(C=C2SC(=S)N(Cc3ccc4c(c3)OCO4)C2=O)c1. The van der Waals surface area contributed by atoms with Crippen molar-refractivity contribution in [3.8, 4) is 11.5 Å². The summed E-state index contributed by atoms with van der Waals surface area (Å²) in [7, 11) is 0. The minimum atomic E-state index is -1.01. The number of hydrogen-bond acceptors (Lipinski definition) is 6. The molecule has 2 aliphatic rings. The highest BCUT2D eigenvalue weighted by Gasteiger charge is 2.32. The van der Waals surface area contributed by atoms with Crippen LogP contribution >= 0.6 is 24.0 Å². The number of rotatable bonds is 4. The quantitative estimate of drug-likeness (QED) is 0.623. The third kappa shape index (κ3) is 3.54. The molecule has 0 aliphatic carbocycles. The Balaban J connectivity index is 1.55. The third-order valence-electron chi connectivity index (χ3n) is 4.08. The Morgan fingerprint density at radius 1 is 1.22 bits per heavy atom. The molecule has 1 N–H and O–H groups in total. The Kier molecular flexibility index (Phi) is 4.59. The Bertz CT molecular complexity index is 1000. The number of carbonyl (C=O) groups excluding carboxylic acids is 1. The molecule has 0 aromatic heterocycles. The van der Waals surface area contributed by atoms with E-state index in [4.69, 9.17) is 26.8 Å². The molecule has 0 bridgehead atoms. The maximum absolute atomic E-state index is 12.8. The van der Waals surface area contributed by atoms with Crippen molar-refractivity contribution in [1.82, 2.24) is 4.90 Å². The molecule has 8 heteroatoms. The number of carboxylic acids is 1. The van der Waals surface area contributed by atoms with Crippen LogP contribution in [0.1, 0.15) is 21.5 Å². The van der Waals surface area contributed by atoms with Crippen molar-refractivity contribution >= 4 is 46.3 Å². The summed E-state index contributed by atoms with van der Waals surface area (Å²) in [6.07, 6.45) is 1.66. The number of thioether (sulfide) groups is 1. The Morgan fingerprint density at radius 3 is 2.85 bits per heavy atom. The number of carboxylic acid groups (broad SMARTS) is 1. The molecule has 2 heterocycles. The Morgan fingerprint density at radius 2 is 2.04 bits per heavy atom. The molecule has 1 saturated heterocycles. The van der Waals surface area contributed by atoms with Crippen molar-refractivity contribution in [2.24, 2.45) is 0 Å².